The molecular formula is C4H6O4. The molecule has 8 heavy (non-hydrogen) atoms. The van der Waals surface area contributed by atoms with E-state index in [0.717, 1.165) is 6.92 Å². The van der Waals surface area contributed by atoms with Crippen molar-refractivity contribution in [2.75, 3.05) is 0 Å². The molecule has 0 spiro atoms. The minimum atomic E-state index is -1.38. The summed E-state index contributed by atoms with van der Waals surface area (Å²) < 4.78 is 0. The summed E-state index contributed by atoms with van der Waals surface area (Å²) in [6.07, 6.45) is 0. The first-order valence-electron chi connectivity index (χ1n) is 1.67. The van der Waals surface area contributed by atoms with Crippen molar-refractivity contribution >= 4 is 18.5 Å². The monoisotopic (exact) mass is 118 g/mol. The number of carboxylic acids is 1. The van der Waals surface area contributed by atoms with Crippen LogP contribution in [0.3, 0.4) is 0 Å². The minimum Gasteiger partial charge on any atom is -0.476 e. The summed E-state index contributed by atoms with van der Waals surface area (Å²) in [5.41, 5.74) is 0. The fourth-order valence-corrected chi connectivity index (χ4v) is 0. The van der Waals surface area contributed by atoms with Gasteiger partial charge in [-0.2, -0.15) is 0 Å². The molecule has 0 heterocycles. The highest BCUT2D eigenvalue weighted by Gasteiger charge is 1.98. The van der Waals surface area contributed by atoms with Gasteiger partial charge in [0.1, 0.15) is 6.79 Å². The topological polar surface area (TPSA) is 71.4 Å². The molecule has 46 valence electrons. The van der Waals surface area contributed by atoms with E-state index in [4.69, 9.17) is 9.90 Å². The first kappa shape index (κ1) is 9.94. The zero-order valence-corrected chi connectivity index (χ0v) is 4.38. The van der Waals surface area contributed by atoms with Gasteiger partial charge >= 0.3 is 5.97 Å². The van der Waals surface area contributed by atoms with Gasteiger partial charge in [-0.25, -0.2) is 4.79 Å². The second-order valence-electron chi connectivity index (χ2n) is 0.861. The predicted octanol–water partition coefficient (Wildman–Crippen LogP) is -0.525. The minimum absolute atomic E-state index is 0.824. The van der Waals surface area contributed by atoms with E-state index in [9.17, 15) is 9.59 Å². The molecule has 0 atom stereocenters. The number of carboxylic acid groups (broad SMARTS) is 1. The van der Waals surface area contributed by atoms with E-state index in [1.54, 1.807) is 0 Å². The van der Waals surface area contributed by atoms with Gasteiger partial charge < -0.3 is 9.90 Å². The third-order valence-corrected chi connectivity index (χ3v) is 0.301. The van der Waals surface area contributed by atoms with Crippen molar-refractivity contribution in [3.63, 3.8) is 0 Å². The Morgan fingerprint density at radius 3 is 1.50 bits per heavy atom. The van der Waals surface area contributed by atoms with Crippen LogP contribution in [0.1, 0.15) is 6.92 Å². The van der Waals surface area contributed by atoms with E-state index in [-0.39, 0.29) is 0 Å². The maximum absolute atomic E-state index is 9.54. The van der Waals surface area contributed by atoms with Gasteiger partial charge in [-0.3, -0.25) is 4.79 Å². The third-order valence-electron chi connectivity index (χ3n) is 0.301. The van der Waals surface area contributed by atoms with E-state index in [1.807, 2.05) is 6.79 Å². The Bertz CT molecular complexity index is 84.2. The average molecular weight is 118 g/mol. The summed E-state index contributed by atoms with van der Waals surface area (Å²) in [5, 5.41) is 7.64. The molecule has 0 amide bonds. The van der Waals surface area contributed by atoms with E-state index in [0.29, 0.717) is 0 Å². The molecule has 1 N–H and O–H groups in total. The number of hydrogen-bond acceptors (Lipinski definition) is 3. The van der Waals surface area contributed by atoms with Crippen LogP contribution in [0.25, 0.3) is 0 Å². The predicted molar refractivity (Wildman–Crippen MR) is 25.4 cm³/mol. The number of ketones is 1. The summed E-state index contributed by atoms with van der Waals surface area (Å²) in [6.45, 7) is 3.00. The highest BCUT2D eigenvalue weighted by atomic mass is 16.4. The molecule has 0 fully saturated rings. The molecule has 0 aliphatic rings. The van der Waals surface area contributed by atoms with Crippen LogP contribution < -0.4 is 0 Å². The van der Waals surface area contributed by atoms with E-state index in [2.05, 4.69) is 0 Å². The zero-order chi connectivity index (χ0) is 7.15. The van der Waals surface area contributed by atoms with Crippen molar-refractivity contribution in [2.45, 2.75) is 6.92 Å². The summed E-state index contributed by atoms with van der Waals surface area (Å²) >= 11 is 0. The Labute approximate surface area is 46.1 Å². The number of rotatable bonds is 1. The fraction of sp³-hybridized carbons (Fsp3) is 0.250. The van der Waals surface area contributed by atoms with Crippen LogP contribution in [0, 0.1) is 0 Å². The SMILES string of the molecule is C=O.CC(=O)C(=O)O. The van der Waals surface area contributed by atoms with Gasteiger partial charge in [0, 0.05) is 6.92 Å². The molecule has 0 radical (unpaired) electrons. The molecule has 0 aromatic heterocycles. The normalized spacial score (nSPS) is 6.12. The Morgan fingerprint density at radius 1 is 1.38 bits per heavy atom. The number of carbonyl (C=O) groups is 3. The van der Waals surface area contributed by atoms with Crippen LogP contribution in [-0.2, 0) is 14.4 Å². The van der Waals surface area contributed by atoms with Gasteiger partial charge in [0.05, 0.1) is 0 Å². The maximum atomic E-state index is 9.54. The highest BCUT2D eigenvalue weighted by molar-refractivity contribution is 6.31. The Balaban J connectivity index is 0. The lowest BCUT2D eigenvalue weighted by Crippen LogP contribution is -2.05. The summed E-state index contributed by atoms with van der Waals surface area (Å²) in [5.74, 6) is -2.20. The van der Waals surface area contributed by atoms with Crippen molar-refractivity contribution in [1.82, 2.24) is 0 Å². The lowest BCUT2D eigenvalue weighted by Gasteiger charge is -1.73. The van der Waals surface area contributed by atoms with Gasteiger partial charge in [0.15, 0.2) is 0 Å². The Kier molecular flexibility index (Phi) is 7.22. The largest absolute Gasteiger partial charge is 0.476 e. The highest BCUT2D eigenvalue weighted by Crippen LogP contribution is 1.61. The molecule has 0 saturated heterocycles. The standard InChI is InChI=1S/C3H4O3.CH2O/c1-2(4)3(5)6;1-2/h1H3,(H,5,6);1H2. The molecular weight excluding hydrogens is 112 g/mol. The third kappa shape index (κ3) is 8.84. The summed E-state index contributed by atoms with van der Waals surface area (Å²) in [7, 11) is 0. The zero-order valence-electron chi connectivity index (χ0n) is 4.38. The van der Waals surface area contributed by atoms with Crippen LogP contribution in [0.5, 0.6) is 0 Å². The smallest absolute Gasteiger partial charge is 0.371 e. The van der Waals surface area contributed by atoms with E-state index in [1.165, 1.54) is 0 Å². The second kappa shape index (κ2) is 5.81. The summed E-state index contributed by atoms with van der Waals surface area (Å²) in [4.78, 5) is 26.9. The van der Waals surface area contributed by atoms with E-state index < -0.39 is 11.8 Å². The van der Waals surface area contributed by atoms with Crippen molar-refractivity contribution < 1.29 is 19.5 Å². The van der Waals surface area contributed by atoms with E-state index >= 15 is 0 Å². The number of Topliss-reactive ketones (excluding diaryl/α,β-unsaturated/α-hetero) is 1. The number of hydrogen-bond donors (Lipinski definition) is 1. The van der Waals surface area contributed by atoms with Crippen LogP contribution in [-0.4, -0.2) is 23.6 Å². The van der Waals surface area contributed by atoms with Crippen LogP contribution in [0.15, 0.2) is 0 Å². The second-order valence-corrected chi connectivity index (χ2v) is 0.861. The van der Waals surface area contributed by atoms with Gasteiger partial charge in [0.25, 0.3) is 0 Å². The van der Waals surface area contributed by atoms with Crippen LogP contribution in [0.4, 0.5) is 0 Å². The molecule has 0 unspecified atom stereocenters. The van der Waals surface area contributed by atoms with Gasteiger partial charge in [-0.1, -0.05) is 0 Å². The number of carbonyl (C=O) groups excluding carboxylic acids is 2. The molecule has 0 bridgehead atoms. The lowest BCUT2D eigenvalue weighted by molar-refractivity contribution is -0.148. The van der Waals surface area contributed by atoms with Crippen LogP contribution in [0.2, 0.25) is 0 Å². The molecule has 0 aromatic carbocycles. The quantitative estimate of drug-likeness (QED) is 0.470. The van der Waals surface area contributed by atoms with Gasteiger partial charge in [-0.15, -0.1) is 0 Å². The van der Waals surface area contributed by atoms with Crippen molar-refractivity contribution in [2.24, 2.45) is 0 Å². The first-order valence-corrected chi connectivity index (χ1v) is 1.67. The van der Waals surface area contributed by atoms with Crippen molar-refractivity contribution in [3.05, 3.63) is 0 Å². The average Bonchev–Trinajstić information content (AvgIpc) is 1.72. The maximum Gasteiger partial charge on any atom is 0.371 e. The molecule has 0 aliphatic heterocycles. The first-order chi connectivity index (χ1) is 3.64. The fourth-order valence-electron chi connectivity index (χ4n) is 0. The lowest BCUT2D eigenvalue weighted by atomic mass is 10.5. The molecule has 4 heteroatoms. The molecule has 0 saturated carbocycles. The van der Waals surface area contributed by atoms with Crippen molar-refractivity contribution in [1.29, 1.82) is 0 Å². The Hall–Kier alpha value is -1.19. The van der Waals surface area contributed by atoms with Gasteiger partial charge in [0.2, 0.25) is 5.78 Å². The van der Waals surface area contributed by atoms with Crippen LogP contribution >= 0.6 is 0 Å². The molecule has 0 rings (SSSR count). The Morgan fingerprint density at radius 2 is 1.50 bits per heavy atom. The summed E-state index contributed by atoms with van der Waals surface area (Å²) in [6, 6.07) is 0. The molecule has 0 aromatic rings. The number of aliphatic carboxylic acids is 1. The molecule has 0 aliphatic carbocycles. The van der Waals surface area contributed by atoms with Crippen molar-refractivity contribution in [3.8, 4) is 0 Å². The molecule has 4 nitrogen and oxygen atoms in total. The van der Waals surface area contributed by atoms with Gasteiger partial charge in [-0.05, 0) is 0 Å².